The van der Waals surface area contributed by atoms with Gasteiger partial charge in [0.25, 0.3) is 5.56 Å². The smallest absolute Gasteiger partial charge is 0.268 e. The number of para-hydroxylation sites is 1. The van der Waals surface area contributed by atoms with Gasteiger partial charge in [-0.2, -0.15) is 0 Å². The maximum atomic E-state index is 13.6. The van der Waals surface area contributed by atoms with Gasteiger partial charge in [0.1, 0.15) is 11.2 Å². The first-order chi connectivity index (χ1) is 13.4. The minimum absolute atomic E-state index is 0.0599. The molecular formula is C21H21ClN4OS. The van der Waals surface area contributed by atoms with Crippen molar-refractivity contribution in [1.29, 1.82) is 0 Å². The van der Waals surface area contributed by atoms with E-state index in [1.807, 2.05) is 22.6 Å². The molecule has 3 aromatic heterocycles. The number of rotatable bonds is 1. The van der Waals surface area contributed by atoms with Gasteiger partial charge in [0.2, 0.25) is 5.78 Å². The molecule has 4 aromatic rings. The second kappa shape index (κ2) is 6.16. The molecule has 1 aliphatic carbocycles. The van der Waals surface area contributed by atoms with Crippen molar-refractivity contribution in [1.82, 2.24) is 19.2 Å². The van der Waals surface area contributed by atoms with Crippen LogP contribution >= 0.6 is 22.9 Å². The third-order valence-electron chi connectivity index (χ3n) is 5.93. The van der Waals surface area contributed by atoms with Crippen molar-refractivity contribution in [3.05, 3.63) is 56.4 Å². The van der Waals surface area contributed by atoms with Gasteiger partial charge in [0, 0.05) is 4.88 Å². The number of benzene rings is 1. The van der Waals surface area contributed by atoms with Crippen molar-refractivity contribution in [2.45, 2.75) is 40.0 Å². The van der Waals surface area contributed by atoms with Gasteiger partial charge < -0.3 is 0 Å². The summed E-state index contributed by atoms with van der Waals surface area (Å²) in [4.78, 5) is 15.9. The summed E-state index contributed by atoms with van der Waals surface area (Å²) < 4.78 is 3.52. The van der Waals surface area contributed by atoms with Crippen LogP contribution in [0, 0.1) is 11.3 Å². The predicted molar refractivity (Wildman–Crippen MR) is 114 cm³/mol. The molecule has 1 aliphatic rings. The van der Waals surface area contributed by atoms with Gasteiger partial charge in [-0.15, -0.1) is 21.5 Å². The molecule has 7 heteroatoms. The Labute approximate surface area is 171 Å². The average Bonchev–Trinajstić information content (AvgIpc) is 3.26. The second-order valence-corrected chi connectivity index (χ2v) is 10.1. The van der Waals surface area contributed by atoms with Crippen LogP contribution in [0.3, 0.4) is 0 Å². The Morgan fingerprint density at radius 3 is 2.79 bits per heavy atom. The van der Waals surface area contributed by atoms with Crippen molar-refractivity contribution >= 4 is 38.9 Å². The van der Waals surface area contributed by atoms with Gasteiger partial charge in [-0.3, -0.25) is 9.20 Å². The van der Waals surface area contributed by atoms with Crippen LogP contribution < -0.4 is 5.56 Å². The molecule has 0 aliphatic heterocycles. The summed E-state index contributed by atoms with van der Waals surface area (Å²) in [7, 11) is 0. The monoisotopic (exact) mass is 412 g/mol. The highest BCUT2D eigenvalue weighted by atomic mass is 35.5. The van der Waals surface area contributed by atoms with Gasteiger partial charge in [0.15, 0.2) is 0 Å². The largest absolute Gasteiger partial charge is 0.268 e. The van der Waals surface area contributed by atoms with Crippen LogP contribution in [-0.4, -0.2) is 19.2 Å². The first-order valence-electron chi connectivity index (χ1n) is 9.50. The standard InChI is InChI=1S/C21H21ClN4OS/c1-21(2,3)12-8-9-13-16(10-12)28-19-17(13)18(27)26(20-24-23-11-25(19)20)15-7-5-4-6-14(15)22/h4-7,11-12H,8-10H2,1-3H3. The van der Waals surface area contributed by atoms with Crippen molar-refractivity contribution < 1.29 is 0 Å². The summed E-state index contributed by atoms with van der Waals surface area (Å²) in [6.45, 7) is 6.91. The number of hydrogen-bond donors (Lipinski definition) is 0. The third kappa shape index (κ3) is 2.54. The summed E-state index contributed by atoms with van der Waals surface area (Å²) in [5.74, 6) is 1.12. The SMILES string of the molecule is CC(C)(C)C1CCc2c(sc3c2c(=O)n(-c2ccccc2Cl)c2nncn32)C1. The minimum Gasteiger partial charge on any atom is -0.268 e. The zero-order valence-electron chi connectivity index (χ0n) is 16.1. The highest BCUT2D eigenvalue weighted by Gasteiger charge is 2.32. The van der Waals surface area contributed by atoms with Crippen molar-refractivity contribution in [2.75, 3.05) is 0 Å². The quantitative estimate of drug-likeness (QED) is 0.446. The lowest BCUT2D eigenvalue weighted by Crippen LogP contribution is -2.27. The molecule has 144 valence electrons. The van der Waals surface area contributed by atoms with Crippen LogP contribution in [0.5, 0.6) is 0 Å². The molecule has 1 aromatic carbocycles. The fraction of sp³-hybridized carbons (Fsp3) is 0.381. The summed E-state index contributed by atoms with van der Waals surface area (Å²) in [5, 5.41) is 9.63. The topological polar surface area (TPSA) is 52.2 Å². The fourth-order valence-electron chi connectivity index (χ4n) is 4.28. The molecular weight excluding hydrogens is 392 g/mol. The van der Waals surface area contributed by atoms with E-state index in [0.29, 0.717) is 22.4 Å². The summed E-state index contributed by atoms with van der Waals surface area (Å²) in [5.41, 5.74) is 2.03. The highest BCUT2D eigenvalue weighted by Crippen LogP contribution is 2.42. The number of thiophene rings is 1. The Kier molecular flexibility index (Phi) is 3.93. The van der Waals surface area contributed by atoms with Crippen molar-refractivity contribution in [2.24, 2.45) is 11.3 Å². The first kappa shape index (κ1) is 17.9. The van der Waals surface area contributed by atoms with Gasteiger partial charge in [-0.25, -0.2) is 4.57 Å². The Hall–Kier alpha value is -2.18. The summed E-state index contributed by atoms with van der Waals surface area (Å²) in [6, 6.07) is 7.37. The van der Waals surface area contributed by atoms with E-state index in [-0.39, 0.29) is 11.0 Å². The summed E-state index contributed by atoms with van der Waals surface area (Å²) >= 11 is 8.13. The molecule has 0 radical (unpaired) electrons. The van der Waals surface area contributed by atoms with Crippen LogP contribution in [0.15, 0.2) is 35.4 Å². The number of halogens is 1. The normalized spacial score (nSPS) is 17.4. The van der Waals surface area contributed by atoms with Crippen molar-refractivity contribution in [3.63, 3.8) is 0 Å². The molecule has 0 saturated carbocycles. The van der Waals surface area contributed by atoms with Crippen LogP contribution in [-0.2, 0) is 12.8 Å². The Morgan fingerprint density at radius 1 is 1.25 bits per heavy atom. The van der Waals surface area contributed by atoms with E-state index in [1.54, 1.807) is 28.3 Å². The second-order valence-electron chi connectivity index (χ2n) is 8.58. The van der Waals surface area contributed by atoms with Gasteiger partial charge in [-0.1, -0.05) is 44.5 Å². The van der Waals surface area contributed by atoms with E-state index in [2.05, 4.69) is 31.0 Å². The van der Waals surface area contributed by atoms with E-state index in [0.717, 1.165) is 29.5 Å². The van der Waals surface area contributed by atoms with E-state index in [1.165, 1.54) is 10.4 Å². The molecule has 0 bridgehead atoms. The van der Waals surface area contributed by atoms with Gasteiger partial charge >= 0.3 is 0 Å². The maximum absolute atomic E-state index is 13.6. The van der Waals surface area contributed by atoms with E-state index in [4.69, 9.17) is 11.6 Å². The third-order valence-corrected chi connectivity index (χ3v) is 7.50. The molecule has 0 saturated heterocycles. The molecule has 1 atom stereocenters. The molecule has 28 heavy (non-hydrogen) atoms. The number of nitrogens with zero attached hydrogens (tertiary/aromatic N) is 4. The first-order valence-corrected chi connectivity index (χ1v) is 10.7. The Balaban J connectivity index is 1.83. The molecule has 0 N–H and O–H groups in total. The number of aromatic nitrogens is 4. The molecule has 0 spiro atoms. The predicted octanol–water partition coefficient (Wildman–Crippen LogP) is 4.90. The Bertz CT molecular complexity index is 1280. The average molecular weight is 413 g/mol. The molecule has 0 fully saturated rings. The van der Waals surface area contributed by atoms with Gasteiger partial charge in [-0.05, 0) is 48.3 Å². The zero-order valence-corrected chi connectivity index (χ0v) is 17.6. The van der Waals surface area contributed by atoms with Crippen LogP contribution in [0.4, 0.5) is 0 Å². The molecule has 5 nitrogen and oxygen atoms in total. The fourth-order valence-corrected chi connectivity index (χ4v) is 5.88. The molecule has 0 amide bonds. The Morgan fingerprint density at radius 2 is 2.04 bits per heavy atom. The minimum atomic E-state index is -0.0599. The summed E-state index contributed by atoms with van der Waals surface area (Å²) in [6.07, 6.45) is 4.75. The number of fused-ring (bicyclic) bond motifs is 5. The zero-order chi connectivity index (χ0) is 19.6. The highest BCUT2D eigenvalue weighted by molar-refractivity contribution is 7.18. The van der Waals surface area contributed by atoms with E-state index < -0.39 is 0 Å². The van der Waals surface area contributed by atoms with Gasteiger partial charge in [0.05, 0.1) is 16.1 Å². The van der Waals surface area contributed by atoms with E-state index in [9.17, 15) is 4.79 Å². The number of hydrogen-bond acceptors (Lipinski definition) is 4. The van der Waals surface area contributed by atoms with Crippen LogP contribution in [0.1, 0.15) is 37.6 Å². The van der Waals surface area contributed by atoms with Crippen LogP contribution in [0.25, 0.3) is 21.7 Å². The number of aryl methyl sites for hydroxylation is 1. The molecule has 1 unspecified atom stereocenters. The molecule has 3 heterocycles. The lowest BCUT2D eigenvalue weighted by molar-refractivity contribution is 0.218. The molecule has 5 rings (SSSR count). The lowest BCUT2D eigenvalue weighted by Gasteiger charge is -2.33. The van der Waals surface area contributed by atoms with Crippen LogP contribution in [0.2, 0.25) is 5.02 Å². The van der Waals surface area contributed by atoms with Crippen molar-refractivity contribution in [3.8, 4) is 5.69 Å². The van der Waals surface area contributed by atoms with E-state index >= 15 is 0 Å². The lowest BCUT2D eigenvalue weighted by atomic mass is 9.72. The maximum Gasteiger partial charge on any atom is 0.268 e.